The third kappa shape index (κ3) is 5.12. The van der Waals surface area contributed by atoms with E-state index in [4.69, 9.17) is 34.8 Å². The first-order valence-electron chi connectivity index (χ1n) is 5.10. The number of amides is 2. The van der Waals surface area contributed by atoms with Crippen LogP contribution in [0.3, 0.4) is 0 Å². The van der Waals surface area contributed by atoms with Gasteiger partial charge < -0.3 is 10.6 Å². The topological polar surface area (TPSA) is 58.2 Å². The summed E-state index contributed by atoms with van der Waals surface area (Å²) < 4.78 is 0. The van der Waals surface area contributed by atoms with Gasteiger partial charge in [0.05, 0.1) is 0 Å². The van der Waals surface area contributed by atoms with Crippen LogP contribution in [0.4, 0.5) is 0 Å². The Labute approximate surface area is 120 Å². The maximum Gasteiger partial charge on any atom is 0.253 e. The van der Waals surface area contributed by atoms with Crippen molar-refractivity contribution in [3.8, 4) is 0 Å². The lowest BCUT2D eigenvalue weighted by molar-refractivity contribution is -0.119. The Morgan fingerprint density at radius 3 is 2.17 bits per heavy atom. The first-order chi connectivity index (χ1) is 8.50. The van der Waals surface area contributed by atoms with Gasteiger partial charge >= 0.3 is 0 Å². The van der Waals surface area contributed by atoms with Crippen LogP contribution < -0.4 is 10.6 Å². The molecule has 2 amide bonds. The largest absolute Gasteiger partial charge is 0.352 e. The average Bonchev–Trinajstić information content (AvgIpc) is 2.34. The van der Waals surface area contributed by atoms with Crippen molar-refractivity contribution in [1.82, 2.24) is 10.6 Å². The molecule has 0 heterocycles. The fraction of sp³-hybridized carbons (Fsp3) is 0.273. The van der Waals surface area contributed by atoms with Gasteiger partial charge in [-0.25, -0.2) is 0 Å². The van der Waals surface area contributed by atoms with Gasteiger partial charge in [0, 0.05) is 23.7 Å². The van der Waals surface area contributed by atoms with Crippen LogP contribution in [0.2, 0.25) is 5.02 Å². The molecule has 0 spiro atoms. The zero-order valence-corrected chi connectivity index (χ0v) is 11.5. The van der Waals surface area contributed by atoms with Gasteiger partial charge in [-0.05, 0) is 24.3 Å². The molecule has 0 aliphatic heterocycles. The minimum Gasteiger partial charge on any atom is -0.352 e. The third-order valence-electron chi connectivity index (χ3n) is 2.01. The zero-order valence-electron chi connectivity index (χ0n) is 9.25. The Hall–Kier alpha value is -0.970. The molecule has 0 aliphatic carbocycles. The summed E-state index contributed by atoms with van der Waals surface area (Å²) in [7, 11) is 0. The van der Waals surface area contributed by atoms with Gasteiger partial charge in [0.15, 0.2) is 4.84 Å². The molecule has 0 saturated heterocycles. The van der Waals surface area contributed by atoms with Crippen molar-refractivity contribution in [3.05, 3.63) is 34.9 Å². The molecule has 0 atom stereocenters. The monoisotopic (exact) mass is 308 g/mol. The minimum atomic E-state index is -1.10. The minimum absolute atomic E-state index is 0.241. The van der Waals surface area contributed by atoms with Crippen LogP contribution in [0, 0.1) is 0 Å². The molecule has 0 saturated carbocycles. The lowest BCUT2D eigenvalue weighted by atomic mass is 10.2. The maximum atomic E-state index is 11.6. The smallest absolute Gasteiger partial charge is 0.253 e. The molecule has 0 unspecified atom stereocenters. The molecule has 98 valence electrons. The van der Waals surface area contributed by atoms with Gasteiger partial charge in [-0.2, -0.15) is 0 Å². The van der Waals surface area contributed by atoms with Gasteiger partial charge in [0.25, 0.3) is 11.8 Å². The highest BCUT2D eigenvalue weighted by Crippen LogP contribution is 2.09. The van der Waals surface area contributed by atoms with Crippen LogP contribution in [0.1, 0.15) is 10.4 Å². The molecule has 2 N–H and O–H groups in total. The number of hydrogen-bond acceptors (Lipinski definition) is 2. The Bertz CT molecular complexity index is 421. The molecule has 1 rings (SSSR count). The molecule has 0 aliphatic rings. The highest BCUT2D eigenvalue weighted by atomic mass is 35.5. The van der Waals surface area contributed by atoms with E-state index in [2.05, 4.69) is 10.6 Å². The Kier molecular flexibility index (Phi) is 6.25. The quantitative estimate of drug-likeness (QED) is 0.645. The summed E-state index contributed by atoms with van der Waals surface area (Å²) >= 11 is 16.4. The normalized spacial score (nSPS) is 10.2. The van der Waals surface area contributed by atoms with Gasteiger partial charge in [0.2, 0.25) is 0 Å². The zero-order chi connectivity index (χ0) is 13.5. The maximum absolute atomic E-state index is 11.6. The van der Waals surface area contributed by atoms with Gasteiger partial charge in [0.1, 0.15) is 0 Å². The molecule has 7 heteroatoms. The fourth-order valence-electron chi connectivity index (χ4n) is 1.14. The van der Waals surface area contributed by atoms with E-state index >= 15 is 0 Å². The van der Waals surface area contributed by atoms with E-state index in [1.807, 2.05) is 0 Å². The van der Waals surface area contributed by atoms with Crippen molar-refractivity contribution in [1.29, 1.82) is 0 Å². The van der Waals surface area contributed by atoms with Crippen LogP contribution in [0.5, 0.6) is 0 Å². The number of hydrogen-bond donors (Lipinski definition) is 2. The van der Waals surface area contributed by atoms with E-state index < -0.39 is 10.7 Å². The van der Waals surface area contributed by atoms with E-state index in [-0.39, 0.29) is 19.0 Å². The molecule has 4 nitrogen and oxygen atoms in total. The molecule has 0 fully saturated rings. The summed E-state index contributed by atoms with van der Waals surface area (Å²) in [5.74, 6) is -0.728. The van der Waals surface area contributed by atoms with Crippen molar-refractivity contribution in [2.75, 3.05) is 13.1 Å². The second kappa shape index (κ2) is 7.46. The first-order valence-corrected chi connectivity index (χ1v) is 6.35. The lowest BCUT2D eigenvalue weighted by Crippen LogP contribution is -2.36. The number of carbonyl (C=O) groups excluding carboxylic acids is 2. The standard InChI is InChI=1S/C11H11Cl3N2O2/c12-8-3-1-7(2-4-8)10(17)15-5-6-16-11(18)9(13)14/h1-4,9H,5-6H2,(H,15,17)(H,16,18). The summed E-state index contributed by atoms with van der Waals surface area (Å²) in [5, 5.41) is 5.65. The van der Waals surface area contributed by atoms with Crippen LogP contribution in [-0.4, -0.2) is 29.7 Å². The van der Waals surface area contributed by atoms with Gasteiger partial charge in [-0.15, -0.1) is 0 Å². The second-order valence-electron chi connectivity index (χ2n) is 3.35. The number of carbonyl (C=O) groups is 2. The lowest BCUT2D eigenvalue weighted by Gasteiger charge is -2.07. The van der Waals surface area contributed by atoms with Crippen molar-refractivity contribution in [2.24, 2.45) is 0 Å². The number of benzene rings is 1. The average molecular weight is 310 g/mol. The van der Waals surface area contributed by atoms with E-state index in [1.54, 1.807) is 24.3 Å². The molecule has 18 heavy (non-hydrogen) atoms. The number of nitrogens with one attached hydrogen (secondary N) is 2. The van der Waals surface area contributed by atoms with Crippen molar-refractivity contribution < 1.29 is 9.59 Å². The van der Waals surface area contributed by atoms with Gasteiger partial charge in [-0.1, -0.05) is 34.8 Å². The predicted molar refractivity (Wildman–Crippen MR) is 72.3 cm³/mol. The Morgan fingerprint density at radius 1 is 1.06 bits per heavy atom. The van der Waals surface area contributed by atoms with Crippen molar-refractivity contribution in [2.45, 2.75) is 4.84 Å². The third-order valence-corrected chi connectivity index (χ3v) is 2.66. The van der Waals surface area contributed by atoms with Crippen LogP contribution in [-0.2, 0) is 4.79 Å². The Balaban J connectivity index is 2.29. The van der Waals surface area contributed by atoms with E-state index in [0.29, 0.717) is 10.6 Å². The number of halogens is 3. The van der Waals surface area contributed by atoms with Crippen LogP contribution in [0.15, 0.2) is 24.3 Å². The highest BCUT2D eigenvalue weighted by molar-refractivity contribution is 6.53. The molecular weight excluding hydrogens is 298 g/mol. The predicted octanol–water partition coefficient (Wildman–Crippen LogP) is 1.99. The van der Waals surface area contributed by atoms with E-state index in [1.165, 1.54) is 0 Å². The molecule has 0 bridgehead atoms. The summed E-state index contributed by atoms with van der Waals surface area (Å²) in [5.41, 5.74) is 0.498. The SMILES string of the molecule is O=C(NCCNC(=O)C(Cl)Cl)c1ccc(Cl)cc1. The van der Waals surface area contributed by atoms with E-state index in [9.17, 15) is 9.59 Å². The van der Waals surface area contributed by atoms with E-state index in [0.717, 1.165) is 0 Å². The molecule has 0 radical (unpaired) electrons. The van der Waals surface area contributed by atoms with Crippen molar-refractivity contribution >= 4 is 46.6 Å². The summed E-state index contributed by atoms with van der Waals surface area (Å²) in [6.07, 6.45) is 0. The first kappa shape index (κ1) is 15.1. The summed E-state index contributed by atoms with van der Waals surface area (Å²) in [4.78, 5) is 21.5. The van der Waals surface area contributed by atoms with Crippen molar-refractivity contribution in [3.63, 3.8) is 0 Å². The van der Waals surface area contributed by atoms with Gasteiger partial charge in [-0.3, -0.25) is 9.59 Å². The summed E-state index contributed by atoms with van der Waals surface area (Å²) in [6.45, 7) is 0.543. The summed E-state index contributed by atoms with van der Waals surface area (Å²) in [6, 6.07) is 6.49. The second-order valence-corrected chi connectivity index (χ2v) is 4.89. The molecule has 1 aromatic rings. The molecule has 0 aromatic heterocycles. The highest BCUT2D eigenvalue weighted by Gasteiger charge is 2.10. The van der Waals surface area contributed by atoms with Crippen LogP contribution >= 0.6 is 34.8 Å². The fourth-order valence-corrected chi connectivity index (χ4v) is 1.42. The number of alkyl halides is 2. The Morgan fingerprint density at radius 2 is 1.61 bits per heavy atom. The van der Waals surface area contributed by atoms with Crippen LogP contribution in [0.25, 0.3) is 0 Å². The molecular formula is C11H11Cl3N2O2. The molecule has 1 aromatic carbocycles. The number of rotatable bonds is 5.